The van der Waals surface area contributed by atoms with Crippen molar-refractivity contribution in [3.05, 3.63) is 34.1 Å². The zero-order valence-corrected chi connectivity index (χ0v) is 14.3. The van der Waals surface area contributed by atoms with Crippen LogP contribution in [-0.2, 0) is 11.8 Å². The van der Waals surface area contributed by atoms with Gasteiger partial charge in [0, 0.05) is 13.6 Å². The molecule has 7 heteroatoms. The standard InChI is InChI=1S/C17H23N3O4/c1-4-6-7-11-18-15(21)12-9-8-10-13-14(12)16(22)19(3)20(13)17(23)24-5-2/h8-10H,4-7,11H2,1-3H3,(H,18,21). The molecule has 2 aromatic rings. The van der Waals surface area contributed by atoms with E-state index in [2.05, 4.69) is 12.2 Å². The van der Waals surface area contributed by atoms with Gasteiger partial charge in [0.15, 0.2) is 0 Å². The Morgan fingerprint density at radius 2 is 1.96 bits per heavy atom. The smallest absolute Gasteiger partial charge is 0.433 e. The molecule has 1 aromatic heterocycles. The van der Waals surface area contributed by atoms with Crippen molar-refractivity contribution in [2.24, 2.45) is 7.05 Å². The number of amides is 1. The molecule has 24 heavy (non-hydrogen) atoms. The summed E-state index contributed by atoms with van der Waals surface area (Å²) in [6, 6.07) is 4.87. The maximum atomic E-state index is 12.5. The van der Waals surface area contributed by atoms with Crippen LogP contribution in [0.25, 0.3) is 10.9 Å². The van der Waals surface area contributed by atoms with Crippen LogP contribution in [0.15, 0.2) is 23.0 Å². The second-order valence-corrected chi connectivity index (χ2v) is 5.50. The lowest BCUT2D eigenvalue weighted by Crippen LogP contribution is -2.27. The quantitative estimate of drug-likeness (QED) is 0.822. The molecule has 1 amide bonds. The number of nitrogens with one attached hydrogen (secondary N) is 1. The molecule has 1 N–H and O–H groups in total. The average molecular weight is 333 g/mol. The van der Waals surface area contributed by atoms with E-state index in [0.717, 1.165) is 28.6 Å². The molecule has 0 atom stereocenters. The predicted octanol–water partition coefficient (Wildman–Crippen LogP) is 2.26. The number of hydrogen-bond donors (Lipinski definition) is 1. The normalized spacial score (nSPS) is 10.8. The molecule has 0 radical (unpaired) electrons. The van der Waals surface area contributed by atoms with E-state index in [1.807, 2.05) is 0 Å². The van der Waals surface area contributed by atoms with Gasteiger partial charge in [-0.1, -0.05) is 25.8 Å². The SMILES string of the molecule is CCCCCNC(=O)c1cccc2c1c(=O)n(C)n2C(=O)OCC. The molecule has 0 aliphatic heterocycles. The lowest BCUT2D eigenvalue weighted by Gasteiger charge is -2.07. The zero-order chi connectivity index (χ0) is 17.7. The molecule has 0 bridgehead atoms. The second-order valence-electron chi connectivity index (χ2n) is 5.50. The Kier molecular flexibility index (Phi) is 5.78. The van der Waals surface area contributed by atoms with Crippen molar-refractivity contribution in [2.45, 2.75) is 33.1 Å². The highest BCUT2D eigenvalue weighted by molar-refractivity contribution is 6.07. The molecule has 0 saturated heterocycles. The number of fused-ring (bicyclic) bond motifs is 1. The monoisotopic (exact) mass is 333 g/mol. The van der Waals surface area contributed by atoms with Gasteiger partial charge < -0.3 is 10.1 Å². The van der Waals surface area contributed by atoms with E-state index in [4.69, 9.17) is 4.74 Å². The summed E-state index contributed by atoms with van der Waals surface area (Å²) in [7, 11) is 1.47. The fourth-order valence-corrected chi connectivity index (χ4v) is 2.62. The van der Waals surface area contributed by atoms with Gasteiger partial charge in [0.05, 0.1) is 23.1 Å². The summed E-state index contributed by atoms with van der Waals surface area (Å²) in [5, 5.41) is 3.05. The van der Waals surface area contributed by atoms with Crippen molar-refractivity contribution in [1.82, 2.24) is 14.7 Å². The zero-order valence-electron chi connectivity index (χ0n) is 14.3. The highest BCUT2D eigenvalue weighted by atomic mass is 16.6. The van der Waals surface area contributed by atoms with Crippen molar-refractivity contribution in [3.63, 3.8) is 0 Å². The summed E-state index contributed by atoms with van der Waals surface area (Å²) >= 11 is 0. The molecule has 130 valence electrons. The minimum Gasteiger partial charge on any atom is -0.448 e. The Bertz CT molecular complexity index is 804. The van der Waals surface area contributed by atoms with Gasteiger partial charge in [-0.2, -0.15) is 4.68 Å². The lowest BCUT2D eigenvalue weighted by atomic mass is 10.1. The number of unbranched alkanes of at least 4 members (excludes halogenated alkanes) is 2. The van der Waals surface area contributed by atoms with E-state index >= 15 is 0 Å². The van der Waals surface area contributed by atoms with Crippen LogP contribution in [0.5, 0.6) is 0 Å². The highest BCUT2D eigenvalue weighted by Crippen LogP contribution is 2.16. The molecule has 0 aliphatic rings. The number of nitrogens with zero attached hydrogens (tertiary/aromatic N) is 2. The van der Waals surface area contributed by atoms with E-state index in [1.165, 1.54) is 7.05 Å². The van der Waals surface area contributed by atoms with Crippen LogP contribution in [0.3, 0.4) is 0 Å². The van der Waals surface area contributed by atoms with Gasteiger partial charge in [0.1, 0.15) is 0 Å². The summed E-state index contributed by atoms with van der Waals surface area (Å²) in [4.78, 5) is 37.0. The van der Waals surface area contributed by atoms with Crippen LogP contribution >= 0.6 is 0 Å². The van der Waals surface area contributed by atoms with Gasteiger partial charge in [-0.3, -0.25) is 9.59 Å². The van der Waals surface area contributed by atoms with E-state index in [0.29, 0.717) is 12.1 Å². The molecule has 1 aromatic carbocycles. The fourth-order valence-electron chi connectivity index (χ4n) is 2.62. The number of benzene rings is 1. The van der Waals surface area contributed by atoms with E-state index < -0.39 is 11.7 Å². The molecule has 2 rings (SSSR count). The number of carbonyl (C=O) groups excluding carboxylic acids is 2. The van der Waals surface area contributed by atoms with Crippen LogP contribution in [0, 0.1) is 0 Å². The first-order chi connectivity index (χ1) is 11.5. The number of hydrogen-bond acceptors (Lipinski definition) is 4. The molecular weight excluding hydrogens is 310 g/mol. The van der Waals surface area contributed by atoms with Gasteiger partial charge in [0.25, 0.3) is 11.5 Å². The Morgan fingerprint density at radius 3 is 2.62 bits per heavy atom. The Hall–Kier alpha value is -2.57. The van der Waals surface area contributed by atoms with Crippen molar-refractivity contribution in [2.75, 3.05) is 13.2 Å². The summed E-state index contributed by atoms with van der Waals surface area (Å²) in [6.45, 7) is 4.54. The number of aromatic nitrogens is 2. The maximum absolute atomic E-state index is 12.5. The van der Waals surface area contributed by atoms with E-state index in [9.17, 15) is 14.4 Å². The molecule has 0 aliphatic carbocycles. The van der Waals surface area contributed by atoms with Gasteiger partial charge in [-0.05, 0) is 25.5 Å². The van der Waals surface area contributed by atoms with Gasteiger partial charge >= 0.3 is 6.09 Å². The summed E-state index contributed by atoms with van der Waals surface area (Å²) in [6.07, 6.45) is 2.34. The van der Waals surface area contributed by atoms with Crippen molar-refractivity contribution < 1.29 is 14.3 Å². The third-order valence-corrected chi connectivity index (χ3v) is 3.83. The van der Waals surface area contributed by atoms with Crippen LogP contribution in [-0.4, -0.2) is 34.5 Å². The minimum absolute atomic E-state index is 0.199. The van der Waals surface area contributed by atoms with Gasteiger partial charge in [-0.15, -0.1) is 0 Å². The van der Waals surface area contributed by atoms with E-state index in [-0.39, 0.29) is 23.5 Å². The van der Waals surface area contributed by atoms with Crippen molar-refractivity contribution in [1.29, 1.82) is 0 Å². The van der Waals surface area contributed by atoms with Crippen molar-refractivity contribution >= 4 is 22.9 Å². The van der Waals surface area contributed by atoms with E-state index in [1.54, 1.807) is 25.1 Å². The first-order valence-electron chi connectivity index (χ1n) is 8.18. The second kappa shape index (κ2) is 7.81. The molecule has 7 nitrogen and oxygen atoms in total. The van der Waals surface area contributed by atoms with Crippen LogP contribution < -0.4 is 10.9 Å². The molecular formula is C17H23N3O4. The van der Waals surface area contributed by atoms with Crippen molar-refractivity contribution in [3.8, 4) is 0 Å². The maximum Gasteiger partial charge on any atom is 0.433 e. The predicted molar refractivity (Wildman–Crippen MR) is 91.5 cm³/mol. The fraction of sp³-hybridized carbons (Fsp3) is 0.471. The van der Waals surface area contributed by atoms with Crippen LogP contribution in [0.2, 0.25) is 0 Å². The summed E-state index contributed by atoms with van der Waals surface area (Å²) in [5.41, 5.74) is 0.229. The molecule has 0 fully saturated rings. The average Bonchev–Trinajstić information content (AvgIpc) is 2.83. The molecule has 0 unspecified atom stereocenters. The highest BCUT2D eigenvalue weighted by Gasteiger charge is 2.21. The Labute approximate surface area is 140 Å². The first kappa shape index (κ1) is 17.8. The lowest BCUT2D eigenvalue weighted by molar-refractivity contribution is 0.0954. The molecule has 0 saturated carbocycles. The molecule has 0 spiro atoms. The number of carbonyl (C=O) groups is 2. The van der Waals surface area contributed by atoms with Gasteiger partial charge in [-0.25, -0.2) is 9.48 Å². The first-order valence-corrected chi connectivity index (χ1v) is 8.18. The minimum atomic E-state index is -0.646. The third-order valence-electron chi connectivity index (χ3n) is 3.83. The Balaban J connectivity index is 2.43. The number of ether oxygens (including phenoxy) is 1. The van der Waals surface area contributed by atoms with Crippen LogP contribution in [0.4, 0.5) is 4.79 Å². The summed E-state index contributed by atoms with van der Waals surface area (Å²) < 4.78 is 7.30. The van der Waals surface area contributed by atoms with Crippen LogP contribution in [0.1, 0.15) is 43.5 Å². The number of rotatable bonds is 6. The molecule has 1 heterocycles. The Morgan fingerprint density at radius 1 is 1.21 bits per heavy atom. The topological polar surface area (TPSA) is 82.3 Å². The third kappa shape index (κ3) is 3.34. The summed E-state index contributed by atoms with van der Waals surface area (Å²) in [5.74, 6) is -0.310. The largest absolute Gasteiger partial charge is 0.448 e. The van der Waals surface area contributed by atoms with Gasteiger partial charge in [0.2, 0.25) is 0 Å².